The zero-order valence-electron chi connectivity index (χ0n) is 11.0. The quantitative estimate of drug-likeness (QED) is 0.644. The van der Waals surface area contributed by atoms with Crippen LogP contribution >= 0.6 is 0 Å². The average Bonchev–Trinajstić information content (AvgIpc) is 2.66. The molecule has 1 heterocycles. The molecule has 0 saturated carbocycles. The Morgan fingerprint density at radius 2 is 1.73 bits per heavy atom. The van der Waals surface area contributed by atoms with E-state index < -0.39 is 0 Å². The number of hydrogen-bond acceptors (Lipinski definition) is 0. The van der Waals surface area contributed by atoms with E-state index in [1.54, 1.807) is 0 Å². The lowest BCUT2D eigenvalue weighted by Crippen LogP contribution is -1.86. The van der Waals surface area contributed by atoms with Gasteiger partial charge in [0.2, 0.25) is 0 Å². The van der Waals surface area contributed by atoms with Gasteiger partial charge in [-0.05, 0) is 31.6 Å². The first-order valence-electron chi connectivity index (χ1n) is 5.72. The monoisotopic (exact) mass is 207 g/mol. The lowest BCUT2D eigenvalue weighted by molar-refractivity contribution is 1.14. The van der Waals surface area contributed by atoms with E-state index in [0.29, 0.717) is 0 Å². The Bertz CT molecular complexity index is 280. The fourth-order valence-electron chi connectivity index (χ4n) is 1.10. The third-order valence-corrected chi connectivity index (χ3v) is 1.69. The van der Waals surface area contributed by atoms with E-state index in [2.05, 4.69) is 25.6 Å². The summed E-state index contributed by atoms with van der Waals surface area (Å²) in [5, 5.41) is 0. The molecule has 0 aliphatic rings. The zero-order valence-corrected chi connectivity index (χ0v) is 11.0. The fourth-order valence-corrected chi connectivity index (χ4v) is 1.10. The largest absolute Gasteiger partial charge is 0.324 e. The highest BCUT2D eigenvalue weighted by Crippen LogP contribution is 2.11. The summed E-state index contributed by atoms with van der Waals surface area (Å²) in [5.41, 5.74) is 2.49. The van der Waals surface area contributed by atoms with Gasteiger partial charge in [-0.3, -0.25) is 0 Å². The Kier molecular flexibility index (Phi) is 11.7. The summed E-state index contributed by atoms with van der Waals surface area (Å²) < 4.78 is 2.01. The summed E-state index contributed by atoms with van der Waals surface area (Å²) in [6.45, 7) is 15.8. The number of aromatic nitrogens is 1. The lowest BCUT2D eigenvalue weighted by atomic mass is 10.2. The number of hydrogen-bond donors (Lipinski definition) is 0. The highest BCUT2D eigenvalue weighted by Gasteiger charge is 1.97. The summed E-state index contributed by atoms with van der Waals surface area (Å²) in [7, 11) is 0. The smallest absolute Gasteiger partial charge is 0.0475 e. The maximum atomic E-state index is 3.72. The molecule has 0 fully saturated rings. The second-order valence-corrected chi connectivity index (χ2v) is 2.47. The maximum absolute atomic E-state index is 3.72. The zero-order chi connectivity index (χ0) is 12.3. The Labute approximate surface area is 95.1 Å². The van der Waals surface area contributed by atoms with E-state index in [4.69, 9.17) is 0 Å². The summed E-state index contributed by atoms with van der Waals surface area (Å²) in [6, 6.07) is 2.08. The lowest BCUT2D eigenvalue weighted by Gasteiger charge is -1.97. The highest BCUT2D eigenvalue weighted by atomic mass is 14.9. The number of rotatable bonds is 2. The average molecular weight is 207 g/mol. The molecule has 0 aliphatic heterocycles. The van der Waals surface area contributed by atoms with E-state index >= 15 is 0 Å². The van der Waals surface area contributed by atoms with Gasteiger partial charge in [0.25, 0.3) is 0 Å². The third kappa shape index (κ3) is 5.26. The summed E-state index contributed by atoms with van der Waals surface area (Å²) >= 11 is 0. The molecule has 86 valence electrons. The maximum Gasteiger partial charge on any atom is 0.0475 e. The molecule has 15 heavy (non-hydrogen) atoms. The van der Waals surface area contributed by atoms with Crippen molar-refractivity contribution in [1.82, 2.24) is 4.57 Å². The molecule has 0 saturated heterocycles. The molecule has 0 aromatic carbocycles. The van der Waals surface area contributed by atoms with Crippen LogP contribution in [0.5, 0.6) is 0 Å². The van der Waals surface area contributed by atoms with Crippen LogP contribution < -0.4 is 0 Å². The Morgan fingerprint density at radius 3 is 2.13 bits per heavy atom. The predicted octanol–water partition coefficient (Wildman–Crippen LogP) is 4.98. The number of nitrogens with zero attached hydrogens (tertiary/aromatic N) is 1. The molecule has 1 nitrogen and oxygen atoms in total. The minimum atomic E-state index is 1.21. The molecule has 0 radical (unpaired) electrons. The topological polar surface area (TPSA) is 4.93 Å². The SMILES string of the molecule is C=Cn1ccc(C)c1/C=C\C.CC.CC. The second kappa shape index (κ2) is 10.8. The normalized spacial score (nSPS) is 8.67. The summed E-state index contributed by atoms with van der Waals surface area (Å²) in [4.78, 5) is 0. The van der Waals surface area contributed by atoms with Crippen molar-refractivity contribution in [3.63, 3.8) is 0 Å². The van der Waals surface area contributed by atoms with E-state index in [0.717, 1.165) is 0 Å². The minimum absolute atomic E-state index is 1.21. The molecule has 0 atom stereocenters. The van der Waals surface area contributed by atoms with Crippen molar-refractivity contribution in [3.8, 4) is 0 Å². The van der Waals surface area contributed by atoms with Crippen LogP contribution in [0.25, 0.3) is 12.3 Å². The molecule has 0 amide bonds. The Balaban J connectivity index is 0. The second-order valence-electron chi connectivity index (χ2n) is 2.47. The van der Waals surface area contributed by atoms with E-state index in [1.807, 2.05) is 57.7 Å². The molecule has 1 aromatic heterocycles. The minimum Gasteiger partial charge on any atom is -0.324 e. The van der Waals surface area contributed by atoms with Crippen molar-refractivity contribution < 1.29 is 0 Å². The number of aryl methyl sites for hydroxylation is 1. The molecule has 0 bridgehead atoms. The van der Waals surface area contributed by atoms with E-state index in [-0.39, 0.29) is 0 Å². The molecule has 0 spiro atoms. The molecular formula is C14H25N. The molecule has 1 aromatic rings. The summed E-state index contributed by atoms with van der Waals surface area (Å²) in [6.07, 6.45) is 7.93. The highest BCUT2D eigenvalue weighted by molar-refractivity contribution is 5.53. The van der Waals surface area contributed by atoms with Gasteiger partial charge in [-0.2, -0.15) is 0 Å². The van der Waals surface area contributed by atoms with Crippen molar-refractivity contribution >= 4 is 12.3 Å². The number of allylic oxidation sites excluding steroid dienone is 1. The van der Waals surface area contributed by atoms with Crippen molar-refractivity contribution in [3.05, 3.63) is 36.2 Å². The van der Waals surface area contributed by atoms with Crippen LogP contribution in [0.2, 0.25) is 0 Å². The van der Waals surface area contributed by atoms with Gasteiger partial charge in [0, 0.05) is 18.1 Å². The van der Waals surface area contributed by atoms with Crippen LogP contribution in [0.15, 0.2) is 24.9 Å². The van der Waals surface area contributed by atoms with Crippen LogP contribution in [0, 0.1) is 6.92 Å². The van der Waals surface area contributed by atoms with Crippen LogP contribution in [-0.2, 0) is 0 Å². The van der Waals surface area contributed by atoms with Gasteiger partial charge < -0.3 is 4.57 Å². The first-order valence-corrected chi connectivity index (χ1v) is 5.72. The molecule has 0 N–H and O–H groups in total. The predicted molar refractivity (Wildman–Crippen MR) is 73.0 cm³/mol. The van der Waals surface area contributed by atoms with Gasteiger partial charge in [0.1, 0.15) is 0 Å². The molecule has 0 aliphatic carbocycles. The first-order chi connectivity index (χ1) is 7.29. The van der Waals surface area contributed by atoms with Crippen molar-refractivity contribution in [2.45, 2.75) is 41.5 Å². The van der Waals surface area contributed by atoms with Gasteiger partial charge in [0.15, 0.2) is 0 Å². The molecular weight excluding hydrogens is 182 g/mol. The van der Waals surface area contributed by atoms with Crippen LogP contribution in [-0.4, -0.2) is 4.57 Å². The Morgan fingerprint density at radius 1 is 1.20 bits per heavy atom. The standard InChI is InChI=1S/C10H13N.2C2H6/c1-4-6-10-9(3)7-8-11(10)5-2;2*1-2/h4-8H,2H2,1,3H3;2*1-2H3/b6-4-;;. The van der Waals surface area contributed by atoms with E-state index in [9.17, 15) is 0 Å². The Hall–Kier alpha value is -1.24. The van der Waals surface area contributed by atoms with Crippen LogP contribution in [0.1, 0.15) is 45.9 Å². The molecule has 1 heteroatoms. The van der Waals surface area contributed by atoms with Crippen LogP contribution in [0.3, 0.4) is 0 Å². The van der Waals surface area contributed by atoms with Gasteiger partial charge in [-0.15, -0.1) is 0 Å². The van der Waals surface area contributed by atoms with Gasteiger partial charge >= 0.3 is 0 Å². The third-order valence-electron chi connectivity index (χ3n) is 1.69. The van der Waals surface area contributed by atoms with Crippen LogP contribution in [0.4, 0.5) is 0 Å². The van der Waals surface area contributed by atoms with Crippen molar-refractivity contribution in [2.75, 3.05) is 0 Å². The molecule has 1 rings (SSSR count). The fraction of sp³-hybridized carbons (Fsp3) is 0.429. The van der Waals surface area contributed by atoms with Gasteiger partial charge in [0.05, 0.1) is 0 Å². The first kappa shape index (κ1) is 16.2. The van der Waals surface area contributed by atoms with Crippen molar-refractivity contribution in [2.24, 2.45) is 0 Å². The van der Waals surface area contributed by atoms with Gasteiger partial charge in [-0.1, -0.05) is 40.3 Å². The molecule has 0 unspecified atom stereocenters. The van der Waals surface area contributed by atoms with Crippen molar-refractivity contribution in [1.29, 1.82) is 0 Å². The summed E-state index contributed by atoms with van der Waals surface area (Å²) in [5.74, 6) is 0. The van der Waals surface area contributed by atoms with Gasteiger partial charge in [-0.25, -0.2) is 0 Å². The van der Waals surface area contributed by atoms with E-state index in [1.165, 1.54) is 11.3 Å².